The summed E-state index contributed by atoms with van der Waals surface area (Å²) in [4.78, 5) is 33.1. The maximum absolute atomic E-state index is 12.7. The van der Waals surface area contributed by atoms with Crippen LogP contribution in [0.2, 0.25) is 5.02 Å². The van der Waals surface area contributed by atoms with Crippen LogP contribution in [0.3, 0.4) is 0 Å². The lowest BCUT2D eigenvalue weighted by Crippen LogP contribution is -2.67. The molecule has 2 bridgehead atoms. The number of carbonyl (C=O) groups excluding carboxylic acids is 2. The van der Waals surface area contributed by atoms with E-state index in [1.54, 1.807) is 6.20 Å². The Balaban J connectivity index is 1.60. The maximum Gasteiger partial charge on any atom is 0.223 e. The SMILES string of the molecule is CC(=O)NC[C@H]1[C@H]2C[C@H](CN(c3ccc(Cl)cn3)C2)[C@@H]2CCCC(=O)N21. The van der Waals surface area contributed by atoms with Gasteiger partial charge in [0.1, 0.15) is 5.82 Å². The van der Waals surface area contributed by atoms with Crippen molar-refractivity contribution in [1.82, 2.24) is 15.2 Å². The molecular weight excluding hydrogens is 352 g/mol. The highest BCUT2D eigenvalue weighted by Crippen LogP contribution is 2.42. The first-order valence-electron chi connectivity index (χ1n) is 9.45. The van der Waals surface area contributed by atoms with Crippen molar-refractivity contribution in [2.45, 2.75) is 44.7 Å². The monoisotopic (exact) mass is 376 g/mol. The van der Waals surface area contributed by atoms with Crippen molar-refractivity contribution in [3.63, 3.8) is 0 Å². The van der Waals surface area contributed by atoms with E-state index >= 15 is 0 Å². The van der Waals surface area contributed by atoms with Crippen molar-refractivity contribution in [2.75, 3.05) is 24.5 Å². The Kier molecular flexibility index (Phi) is 4.78. The third-order valence-electron chi connectivity index (χ3n) is 6.09. The standard InChI is InChI=1S/C19H25ClN4O2/c1-12(25)21-9-17-14-7-13(16-3-2-4-19(26)24(16)17)10-23(11-14)18-6-5-15(20)8-22-18/h5-6,8,13-14,16-17H,2-4,7,9-11H2,1H3,(H,21,25)/t13-,14+,16+,17+/m1/s1. The van der Waals surface area contributed by atoms with E-state index in [1.165, 1.54) is 6.92 Å². The van der Waals surface area contributed by atoms with E-state index in [4.69, 9.17) is 11.6 Å². The molecule has 2 amide bonds. The number of carbonyl (C=O) groups is 2. The molecule has 0 aromatic carbocycles. The van der Waals surface area contributed by atoms with E-state index in [0.717, 1.165) is 38.2 Å². The number of aromatic nitrogens is 1. The van der Waals surface area contributed by atoms with Crippen molar-refractivity contribution < 1.29 is 9.59 Å². The molecule has 3 fully saturated rings. The van der Waals surface area contributed by atoms with Crippen LogP contribution in [0.25, 0.3) is 0 Å². The van der Waals surface area contributed by atoms with Gasteiger partial charge in [0.05, 0.1) is 11.1 Å². The van der Waals surface area contributed by atoms with Crippen molar-refractivity contribution in [2.24, 2.45) is 11.8 Å². The molecule has 1 N–H and O–H groups in total. The number of pyridine rings is 1. The maximum atomic E-state index is 12.7. The highest BCUT2D eigenvalue weighted by Gasteiger charge is 2.49. The average Bonchev–Trinajstić information content (AvgIpc) is 2.62. The highest BCUT2D eigenvalue weighted by atomic mass is 35.5. The van der Waals surface area contributed by atoms with Gasteiger partial charge in [-0.3, -0.25) is 9.59 Å². The minimum atomic E-state index is -0.0415. The van der Waals surface area contributed by atoms with Crippen LogP contribution in [0.5, 0.6) is 0 Å². The zero-order valence-electron chi connectivity index (χ0n) is 15.0. The van der Waals surface area contributed by atoms with Crippen LogP contribution in [0.1, 0.15) is 32.6 Å². The van der Waals surface area contributed by atoms with Crippen molar-refractivity contribution >= 4 is 29.2 Å². The predicted molar refractivity (Wildman–Crippen MR) is 100 cm³/mol. The fraction of sp³-hybridized carbons (Fsp3) is 0.632. The number of nitrogens with one attached hydrogen (secondary N) is 1. The molecule has 4 atom stereocenters. The van der Waals surface area contributed by atoms with Crippen molar-refractivity contribution in [1.29, 1.82) is 0 Å². The van der Waals surface area contributed by atoms with Gasteiger partial charge >= 0.3 is 0 Å². The second kappa shape index (κ2) is 7.06. The van der Waals surface area contributed by atoms with Gasteiger partial charge < -0.3 is 15.1 Å². The number of rotatable bonds is 3. The molecule has 140 valence electrons. The van der Waals surface area contributed by atoms with Gasteiger partial charge in [-0.15, -0.1) is 0 Å². The Morgan fingerprint density at radius 3 is 2.88 bits per heavy atom. The van der Waals surface area contributed by atoms with E-state index in [9.17, 15) is 9.59 Å². The van der Waals surface area contributed by atoms with E-state index in [-0.39, 0.29) is 23.9 Å². The summed E-state index contributed by atoms with van der Waals surface area (Å²) in [7, 11) is 0. The Labute approximate surface area is 158 Å². The van der Waals surface area contributed by atoms with E-state index in [1.807, 2.05) is 12.1 Å². The molecule has 4 heterocycles. The van der Waals surface area contributed by atoms with Gasteiger partial charge in [-0.05, 0) is 43.2 Å². The molecule has 3 aliphatic heterocycles. The third kappa shape index (κ3) is 3.27. The van der Waals surface area contributed by atoms with Gasteiger partial charge in [0.15, 0.2) is 0 Å². The lowest BCUT2D eigenvalue weighted by molar-refractivity contribution is -0.149. The van der Waals surface area contributed by atoms with Crippen LogP contribution in [0, 0.1) is 11.8 Å². The summed E-state index contributed by atoms with van der Waals surface area (Å²) in [6.45, 7) is 3.85. The summed E-state index contributed by atoms with van der Waals surface area (Å²) in [5.74, 6) is 1.96. The number of hydrogen-bond acceptors (Lipinski definition) is 4. The zero-order valence-corrected chi connectivity index (χ0v) is 15.8. The molecule has 1 aromatic heterocycles. The summed E-state index contributed by atoms with van der Waals surface area (Å²) in [6, 6.07) is 4.19. The molecule has 0 saturated carbocycles. The smallest absolute Gasteiger partial charge is 0.223 e. The molecule has 0 unspecified atom stereocenters. The Bertz CT molecular complexity index is 695. The molecule has 0 spiro atoms. The molecule has 3 saturated heterocycles. The van der Waals surface area contributed by atoms with Crippen LogP contribution < -0.4 is 10.2 Å². The number of hydrogen-bond donors (Lipinski definition) is 1. The fourth-order valence-corrected chi connectivity index (χ4v) is 5.14. The number of piperidine rings is 3. The predicted octanol–water partition coefficient (Wildman–Crippen LogP) is 2.08. The summed E-state index contributed by atoms with van der Waals surface area (Å²) in [5, 5.41) is 3.59. The van der Waals surface area contributed by atoms with E-state index in [2.05, 4.69) is 20.1 Å². The lowest BCUT2D eigenvalue weighted by atomic mass is 9.72. The van der Waals surface area contributed by atoms with Crippen molar-refractivity contribution in [3.05, 3.63) is 23.4 Å². The fourth-order valence-electron chi connectivity index (χ4n) is 5.03. The molecule has 6 nitrogen and oxygen atoms in total. The number of nitrogens with zero attached hydrogens (tertiary/aromatic N) is 3. The Hall–Kier alpha value is -1.82. The summed E-state index contributed by atoms with van der Waals surface area (Å²) < 4.78 is 0. The van der Waals surface area contributed by atoms with Crippen LogP contribution in [-0.4, -0.2) is 53.4 Å². The quantitative estimate of drug-likeness (QED) is 0.877. The largest absolute Gasteiger partial charge is 0.356 e. The number of anilines is 1. The first kappa shape index (κ1) is 17.6. The van der Waals surface area contributed by atoms with E-state index in [0.29, 0.717) is 29.8 Å². The average molecular weight is 377 g/mol. The van der Waals surface area contributed by atoms with Crippen LogP contribution in [0.4, 0.5) is 5.82 Å². The number of fused-ring (bicyclic) bond motifs is 4. The van der Waals surface area contributed by atoms with Gasteiger partial charge in [0.25, 0.3) is 0 Å². The molecular formula is C19H25ClN4O2. The van der Waals surface area contributed by atoms with Gasteiger partial charge in [-0.2, -0.15) is 0 Å². The molecule has 0 radical (unpaired) electrons. The third-order valence-corrected chi connectivity index (χ3v) is 6.32. The van der Waals surface area contributed by atoms with Crippen LogP contribution in [-0.2, 0) is 9.59 Å². The van der Waals surface area contributed by atoms with Gasteiger partial charge in [0, 0.05) is 45.2 Å². The molecule has 4 rings (SSSR count). The summed E-state index contributed by atoms with van der Waals surface area (Å²) >= 11 is 5.98. The topological polar surface area (TPSA) is 65.5 Å². The van der Waals surface area contributed by atoms with Gasteiger partial charge in [-0.25, -0.2) is 4.98 Å². The number of amides is 2. The molecule has 26 heavy (non-hydrogen) atoms. The minimum absolute atomic E-state index is 0.0415. The van der Waals surface area contributed by atoms with Crippen LogP contribution in [0.15, 0.2) is 18.3 Å². The zero-order chi connectivity index (χ0) is 18.3. The molecule has 7 heteroatoms. The normalized spacial score (nSPS) is 30.8. The Morgan fingerprint density at radius 1 is 1.35 bits per heavy atom. The van der Waals surface area contributed by atoms with E-state index < -0.39 is 0 Å². The summed E-state index contributed by atoms with van der Waals surface area (Å²) in [6.07, 6.45) is 5.46. The second-order valence-corrected chi connectivity index (χ2v) is 8.20. The molecule has 1 aromatic rings. The first-order chi connectivity index (χ1) is 12.5. The van der Waals surface area contributed by atoms with Crippen molar-refractivity contribution in [3.8, 4) is 0 Å². The number of halogens is 1. The van der Waals surface area contributed by atoms with Crippen LogP contribution >= 0.6 is 11.6 Å². The molecule has 0 aliphatic carbocycles. The molecule has 3 aliphatic rings. The highest BCUT2D eigenvalue weighted by molar-refractivity contribution is 6.30. The Morgan fingerprint density at radius 2 is 2.15 bits per heavy atom. The van der Waals surface area contributed by atoms with Gasteiger partial charge in [-0.1, -0.05) is 11.6 Å². The first-order valence-corrected chi connectivity index (χ1v) is 9.83. The second-order valence-electron chi connectivity index (χ2n) is 7.76. The minimum Gasteiger partial charge on any atom is -0.356 e. The summed E-state index contributed by atoms with van der Waals surface area (Å²) in [5.41, 5.74) is 0. The lowest BCUT2D eigenvalue weighted by Gasteiger charge is -2.56. The van der Waals surface area contributed by atoms with Gasteiger partial charge in [0.2, 0.25) is 11.8 Å².